The molecule has 2 aromatic heterocycles. The summed E-state index contributed by atoms with van der Waals surface area (Å²) in [6.45, 7) is 0. The lowest BCUT2D eigenvalue weighted by atomic mass is 10.2. The van der Waals surface area contributed by atoms with Crippen molar-refractivity contribution in [1.29, 1.82) is 0 Å². The third-order valence-electron chi connectivity index (χ3n) is 1.54. The Hall–Kier alpha value is -0.860. The van der Waals surface area contributed by atoms with Gasteiger partial charge in [0.15, 0.2) is 0 Å². The number of aromatic nitrogens is 1. The Labute approximate surface area is 79.7 Å². The van der Waals surface area contributed by atoms with Gasteiger partial charge in [0, 0.05) is 22.2 Å². The van der Waals surface area contributed by atoms with Crippen molar-refractivity contribution < 1.29 is 0 Å². The first-order valence-electron chi connectivity index (χ1n) is 3.50. The molecule has 12 heavy (non-hydrogen) atoms. The largest absolute Gasteiger partial charge is 0.256 e. The summed E-state index contributed by atoms with van der Waals surface area (Å²) < 4.78 is 0. The molecule has 0 amide bonds. The van der Waals surface area contributed by atoms with E-state index in [9.17, 15) is 0 Å². The number of hydrogen-bond donors (Lipinski definition) is 0. The molecule has 0 bridgehead atoms. The first-order chi connectivity index (χ1) is 5.86. The Balaban J connectivity index is 2.48. The average molecular weight is 196 g/mol. The first kappa shape index (κ1) is 7.77. The summed E-state index contributed by atoms with van der Waals surface area (Å²) in [5.74, 6) is 0. The van der Waals surface area contributed by atoms with Crippen molar-refractivity contribution in [2.24, 2.45) is 0 Å². The molecule has 0 aliphatic carbocycles. The van der Waals surface area contributed by atoms with Gasteiger partial charge in [0.25, 0.3) is 0 Å². The Morgan fingerprint density at radius 2 is 2.25 bits per heavy atom. The van der Waals surface area contributed by atoms with Crippen LogP contribution in [0.4, 0.5) is 0 Å². The van der Waals surface area contributed by atoms with Crippen LogP contribution in [0.2, 0.25) is 5.02 Å². The highest BCUT2D eigenvalue weighted by Crippen LogP contribution is 2.21. The van der Waals surface area contributed by atoms with E-state index in [-0.39, 0.29) is 0 Å². The molecule has 2 rings (SSSR count). The van der Waals surface area contributed by atoms with E-state index in [0.29, 0.717) is 0 Å². The maximum absolute atomic E-state index is 5.83. The second kappa shape index (κ2) is 3.25. The van der Waals surface area contributed by atoms with Gasteiger partial charge in [-0.1, -0.05) is 11.6 Å². The topological polar surface area (TPSA) is 12.9 Å². The molecule has 0 saturated heterocycles. The Morgan fingerprint density at radius 1 is 1.33 bits per heavy atom. The zero-order valence-corrected chi connectivity index (χ0v) is 7.77. The third kappa shape index (κ3) is 1.49. The van der Waals surface area contributed by atoms with Gasteiger partial charge in [-0.15, -0.1) is 0 Å². The van der Waals surface area contributed by atoms with E-state index in [1.807, 2.05) is 17.5 Å². The van der Waals surface area contributed by atoms with Gasteiger partial charge < -0.3 is 0 Å². The van der Waals surface area contributed by atoms with Crippen LogP contribution >= 0.6 is 22.9 Å². The van der Waals surface area contributed by atoms with Crippen LogP contribution in [0, 0.1) is 0 Å². The maximum atomic E-state index is 5.83. The predicted octanol–water partition coefficient (Wildman–Crippen LogP) is 3.46. The zero-order valence-electron chi connectivity index (χ0n) is 6.20. The number of nitrogens with zero attached hydrogens (tertiary/aromatic N) is 1. The highest BCUT2D eigenvalue weighted by atomic mass is 35.5. The van der Waals surface area contributed by atoms with Gasteiger partial charge in [0.05, 0.1) is 5.69 Å². The quantitative estimate of drug-likeness (QED) is 0.679. The number of thiophene rings is 1. The number of halogens is 1. The monoisotopic (exact) mass is 195 g/mol. The van der Waals surface area contributed by atoms with E-state index in [1.165, 1.54) is 0 Å². The van der Waals surface area contributed by atoms with E-state index in [2.05, 4.69) is 10.4 Å². The molecule has 3 heteroatoms. The molecule has 60 valence electrons. The fourth-order valence-electron chi connectivity index (χ4n) is 0.973. The lowest BCUT2D eigenvalue weighted by Crippen LogP contribution is -1.78. The van der Waals surface area contributed by atoms with E-state index >= 15 is 0 Å². The molecule has 0 spiro atoms. The molecular formula is C9H6ClNS. The molecule has 1 nitrogen and oxygen atoms in total. The van der Waals surface area contributed by atoms with Crippen LogP contribution in [0.3, 0.4) is 0 Å². The van der Waals surface area contributed by atoms with E-state index < -0.39 is 0 Å². The first-order valence-corrected chi connectivity index (χ1v) is 4.82. The molecule has 2 heterocycles. The molecule has 0 atom stereocenters. The van der Waals surface area contributed by atoms with Crippen LogP contribution in [0.1, 0.15) is 0 Å². The fraction of sp³-hybridized carbons (Fsp3) is 0. The minimum absolute atomic E-state index is 0.728. The Bertz CT molecular complexity index is 370. The van der Waals surface area contributed by atoms with Gasteiger partial charge in [-0.2, -0.15) is 11.3 Å². The van der Waals surface area contributed by atoms with Crippen LogP contribution < -0.4 is 0 Å². The van der Waals surface area contributed by atoms with E-state index in [4.69, 9.17) is 11.6 Å². The summed E-state index contributed by atoms with van der Waals surface area (Å²) in [4.78, 5) is 4.20. The molecule has 0 saturated carbocycles. The van der Waals surface area contributed by atoms with Crippen molar-refractivity contribution in [1.82, 2.24) is 4.98 Å². The van der Waals surface area contributed by atoms with Crippen LogP contribution in [-0.2, 0) is 0 Å². The van der Waals surface area contributed by atoms with E-state index in [1.54, 1.807) is 23.6 Å². The summed E-state index contributed by atoms with van der Waals surface area (Å²) in [5.41, 5.74) is 2.06. The standard InChI is InChI=1S/C9H6ClNS/c10-8-1-3-11-9(5-8)7-2-4-12-6-7/h1-6H. The van der Waals surface area contributed by atoms with Crippen molar-refractivity contribution in [3.05, 3.63) is 40.2 Å². The second-order valence-electron chi connectivity index (χ2n) is 2.37. The summed E-state index contributed by atoms with van der Waals surface area (Å²) in [7, 11) is 0. The van der Waals surface area contributed by atoms with Crippen molar-refractivity contribution in [3.63, 3.8) is 0 Å². The minimum Gasteiger partial charge on any atom is -0.256 e. The number of hydrogen-bond acceptors (Lipinski definition) is 2. The summed E-state index contributed by atoms with van der Waals surface area (Å²) >= 11 is 7.48. The van der Waals surface area contributed by atoms with Gasteiger partial charge in [-0.05, 0) is 23.6 Å². The lowest BCUT2D eigenvalue weighted by Gasteiger charge is -1.95. The van der Waals surface area contributed by atoms with Crippen molar-refractivity contribution in [2.75, 3.05) is 0 Å². The van der Waals surface area contributed by atoms with E-state index in [0.717, 1.165) is 16.3 Å². The van der Waals surface area contributed by atoms with Crippen LogP contribution in [0.5, 0.6) is 0 Å². The Kier molecular flexibility index (Phi) is 2.11. The SMILES string of the molecule is Clc1ccnc(-c2ccsc2)c1. The highest BCUT2D eigenvalue weighted by Gasteiger charge is 1.98. The number of pyridine rings is 1. The average Bonchev–Trinajstić information content (AvgIpc) is 2.56. The summed E-state index contributed by atoms with van der Waals surface area (Å²) in [6.07, 6.45) is 1.72. The lowest BCUT2D eigenvalue weighted by molar-refractivity contribution is 1.33. The van der Waals surface area contributed by atoms with Gasteiger partial charge >= 0.3 is 0 Å². The zero-order chi connectivity index (χ0) is 8.39. The molecule has 2 aromatic rings. The van der Waals surface area contributed by atoms with Crippen LogP contribution in [0.25, 0.3) is 11.3 Å². The number of rotatable bonds is 1. The second-order valence-corrected chi connectivity index (χ2v) is 3.59. The van der Waals surface area contributed by atoms with Gasteiger partial charge in [-0.25, -0.2) is 0 Å². The summed E-state index contributed by atoms with van der Waals surface area (Å²) in [5, 5.41) is 4.81. The summed E-state index contributed by atoms with van der Waals surface area (Å²) in [6, 6.07) is 5.67. The van der Waals surface area contributed by atoms with Crippen LogP contribution in [-0.4, -0.2) is 4.98 Å². The molecule has 0 aliphatic heterocycles. The van der Waals surface area contributed by atoms with Crippen LogP contribution in [0.15, 0.2) is 35.2 Å². The molecule has 0 radical (unpaired) electrons. The predicted molar refractivity (Wildman–Crippen MR) is 52.6 cm³/mol. The molecule has 0 N–H and O–H groups in total. The molecule has 0 aromatic carbocycles. The Morgan fingerprint density at radius 3 is 2.92 bits per heavy atom. The minimum atomic E-state index is 0.728. The normalized spacial score (nSPS) is 10.1. The molecule has 0 unspecified atom stereocenters. The molecule has 0 aliphatic rings. The smallest absolute Gasteiger partial charge is 0.0725 e. The van der Waals surface area contributed by atoms with Gasteiger partial charge in [0.1, 0.15) is 0 Å². The maximum Gasteiger partial charge on any atom is 0.0725 e. The highest BCUT2D eigenvalue weighted by molar-refractivity contribution is 7.08. The molecule has 0 fully saturated rings. The van der Waals surface area contributed by atoms with Gasteiger partial charge in [-0.3, -0.25) is 4.98 Å². The van der Waals surface area contributed by atoms with Crippen molar-refractivity contribution >= 4 is 22.9 Å². The fourth-order valence-corrected chi connectivity index (χ4v) is 1.78. The third-order valence-corrected chi connectivity index (χ3v) is 2.46. The van der Waals surface area contributed by atoms with Gasteiger partial charge in [0.2, 0.25) is 0 Å². The van der Waals surface area contributed by atoms with Crippen molar-refractivity contribution in [2.45, 2.75) is 0 Å². The van der Waals surface area contributed by atoms with Crippen molar-refractivity contribution in [3.8, 4) is 11.3 Å². The molecular weight excluding hydrogens is 190 g/mol.